The summed E-state index contributed by atoms with van der Waals surface area (Å²) >= 11 is 0. The van der Waals surface area contributed by atoms with Crippen molar-refractivity contribution in [1.82, 2.24) is 0 Å². The Hall–Kier alpha value is -1.31. The summed E-state index contributed by atoms with van der Waals surface area (Å²) in [5, 5.41) is 20.4. The van der Waals surface area contributed by atoms with Crippen LogP contribution in [0.2, 0.25) is 0 Å². The molecule has 102 valence electrons. The van der Waals surface area contributed by atoms with Crippen LogP contribution in [0.1, 0.15) is 27.7 Å². The highest BCUT2D eigenvalue weighted by atomic mass is 16.7. The van der Waals surface area contributed by atoms with Crippen LogP contribution in [0.5, 0.6) is 0 Å². The van der Waals surface area contributed by atoms with E-state index in [1.165, 1.54) is 6.92 Å². The molecule has 0 radical (unpaired) electrons. The zero-order valence-electron chi connectivity index (χ0n) is 10.6. The van der Waals surface area contributed by atoms with Gasteiger partial charge in [-0.05, 0) is 13.8 Å². The third kappa shape index (κ3) is 1.84. The molecule has 7 nitrogen and oxygen atoms in total. The highest BCUT2D eigenvalue weighted by Crippen LogP contribution is 2.41. The fraction of sp³-hybridized carbons (Fsp3) is 0.727. The van der Waals surface area contributed by atoms with E-state index in [0.29, 0.717) is 0 Å². The predicted octanol–water partition coefficient (Wildman–Crippen LogP) is -1.07. The number of Topliss-reactive ketones (excluding diaryl/α,β-unsaturated/α-hetero) is 2. The fourth-order valence-electron chi connectivity index (χ4n) is 2.10. The van der Waals surface area contributed by atoms with Gasteiger partial charge in [0, 0.05) is 13.8 Å². The van der Waals surface area contributed by atoms with E-state index >= 15 is 0 Å². The maximum atomic E-state index is 11.6. The average molecular weight is 260 g/mol. The number of carbonyl (C=O) groups is 3. The van der Waals surface area contributed by atoms with Gasteiger partial charge in [0.25, 0.3) is 5.79 Å². The first-order valence-electron chi connectivity index (χ1n) is 5.39. The molecular weight excluding hydrogens is 244 g/mol. The van der Waals surface area contributed by atoms with Crippen LogP contribution in [0.4, 0.5) is 0 Å². The van der Waals surface area contributed by atoms with E-state index in [9.17, 15) is 24.6 Å². The van der Waals surface area contributed by atoms with E-state index in [1.54, 1.807) is 0 Å². The normalized spacial score (nSPS) is 39.4. The molecule has 0 aromatic heterocycles. The molecular formula is C11H16O7. The maximum Gasteiger partial charge on any atom is 0.303 e. The van der Waals surface area contributed by atoms with Crippen LogP contribution in [0.3, 0.4) is 0 Å². The van der Waals surface area contributed by atoms with Crippen LogP contribution in [-0.4, -0.2) is 51.3 Å². The summed E-state index contributed by atoms with van der Waals surface area (Å²) in [4.78, 5) is 34.0. The summed E-state index contributed by atoms with van der Waals surface area (Å²) in [6, 6.07) is 0. The largest absolute Gasteiger partial charge is 0.456 e. The minimum Gasteiger partial charge on any atom is -0.456 e. The van der Waals surface area contributed by atoms with Gasteiger partial charge < -0.3 is 19.7 Å². The molecule has 0 aromatic carbocycles. The van der Waals surface area contributed by atoms with E-state index in [4.69, 9.17) is 9.47 Å². The number of hydrogen-bond acceptors (Lipinski definition) is 7. The summed E-state index contributed by atoms with van der Waals surface area (Å²) in [7, 11) is 0. The van der Waals surface area contributed by atoms with Crippen molar-refractivity contribution < 1.29 is 34.1 Å². The molecule has 1 aliphatic rings. The van der Waals surface area contributed by atoms with Crippen LogP contribution >= 0.6 is 0 Å². The van der Waals surface area contributed by atoms with Gasteiger partial charge in [0.15, 0.2) is 17.7 Å². The minimum absolute atomic E-state index is 0.761. The summed E-state index contributed by atoms with van der Waals surface area (Å²) < 4.78 is 9.76. The van der Waals surface area contributed by atoms with Crippen LogP contribution in [0.25, 0.3) is 0 Å². The zero-order valence-corrected chi connectivity index (χ0v) is 10.6. The van der Waals surface area contributed by atoms with Crippen molar-refractivity contribution in [2.75, 3.05) is 0 Å². The second kappa shape index (κ2) is 4.42. The van der Waals surface area contributed by atoms with E-state index in [2.05, 4.69) is 0 Å². The van der Waals surface area contributed by atoms with E-state index in [-0.39, 0.29) is 0 Å². The number of ketones is 2. The van der Waals surface area contributed by atoms with Gasteiger partial charge in [-0.2, -0.15) is 0 Å². The molecule has 0 aliphatic carbocycles. The fourth-order valence-corrected chi connectivity index (χ4v) is 2.10. The van der Waals surface area contributed by atoms with Gasteiger partial charge >= 0.3 is 5.97 Å². The quantitative estimate of drug-likeness (QED) is 0.622. The van der Waals surface area contributed by atoms with Gasteiger partial charge in [-0.3, -0.25) is 14.4 Å². The lowest BCUT2D eigenvalue weighted by Gasteiger charge is -2.34. The van der Waals surface area contributed by atoms with Crippen molar-refractivity contribution in [3.63, 3.8) is 0 Å². The first kappa shape index (κ1) is 14.7. The maximum absolute atomic E-state index is 11.6. The number of rotatable bonds is 3. The Kier molecular flexibility index (Phi) is 3.62. The van der Waals surface area contributed by atoms with Crippen LogP contribution in [-0.2, 0) is 23.9 Å². The molecule has 0 saturated carbocycles. The van der Waals surface area contributed by atoms with E-state index in [0.717, 1.165) is 20.8 Å². The first-order valence-corrected chi connectivity index (χ1v) is 5.39. The first-order chi connectivity index (χ1) is 8.07. The Morgan fingerprint density at radius 3 is 1.94 bits per heavy atom. The molecule has 1 fully saturated rings. The number of carbonyl (C=O) groups excluding carboxylic acids is 3. The Labute approximate surface area is 104 Å². The molecule has 1 aliphatic heterocycles. The zero-order chi connectivity index (χ0) is 14.3. The monoisotopic (exact) mass is 260 g/mol. The van der Waals surface area contributed by atoms with Crippen molar-refractivity contribution in [2.24, 2.45) is 0 Å². The molecule has 0 aromatic rings. The lowest BCUT2D eigenvalue weighted by Crippen LogP contribution is -2.65. The highest BCUT2D eigenvalue weighted by Gasteiger charge is 2.71. The van der Waals surface area contributed by atoms with Gasteiger partial charge in [-0.15, -0.1) is 0 Å². The van der Waals surface area contributed by atoms with E-state index < -0.39 is 41.1 Å². The van der Waals surface area contributed by atoms with Crippen molar-refractivity contribution in [1.29, 1.82) is 0 Å². The summed E-state index contributed by atoms with van der Waals surface area (Å²) in [6.45, 7) is 4.41. The number of ether oxygens (including phenoxy) is 2. The molecule has 1 rings (SSSR count). The molecule has 1 saturated heterocycles. The number of aliphatic hydroxyl groups is 2. The lowest BCUT2D eigenvalue weighted by molar-refractivity contribution is -0.245. The third-order valence-corrected chi connectivity index (χ3v) is 3.02. The topological polar surface area (TPSA) is 110 Å². The molecule has 2 N–H and O–H groups in total. The molecule has 18 heavy (non-hydrogen) atoms. The highest BCUT2D eigenvalue weighted by molar-refractivity contribution is 5.97. The number of esters is 1. The molecule has 1 heterocycles. The van der Waals surface area contributed by atoms with Crippen LogP contribution in [0, 0.1) is 0 Å². The second-order valence-corrected chi connectivity index (χ2v) is 4.38. The molecule has 0 bridgehead atoms. The van der Waals surface area contributed by atoms with Crippen molar-refractivity contribution >= 4 is 17.5 Å². The van der Waals surface area contributed by atoms with Gasteiger partial charge in [0.1, 0.15) is 0 Å². The van der Waals surface area contributed by atoms with Crippen LogP contribution < -0.4 is 0 Å². The summed E-state index contributed by atoms with van der Waals surface area (Å²) in [5.74, 6) is -5.33. The lowest BCUT2D eigenvalue weighted by atomic mass is 9.82. The Balaban J connectivity index is 3.32. The van der Waals surface area contributed by atoms with Crippen molar-refractivity contribution in [3.8, 4) is 0 Å². The Morgan fingerprint density at radius 2 is 1.61 bits per heavy atom. The van der Waals surface area contributed by atoms with Gasteiger partial charge in [0.05, 0.1) is 6.10 Å². The standard InChI is InChI=1S/C11H16O7/c1-5-9(17-8(4)14)10(15,6(2)12)11(16,18-5)7(3)13/h5,9,15-16H,1-4H3/t5-,9-,10-,11-/m1/s1. The van der Waals surface area contributed by atoms with Crippen molar-refractivity contribution in [3.05, 3.63) is 0 Å². The second-order valence-electron chi connectivity index (χ2n) is 4.38. The minimum atomic E-state index is -2.71. The van der Waals surface area contributed by atoms with Gasteiger partial charge in [-0.25, -0.2) is 0 Å². The smallest absolute Gasteiger partial charge is 0.303 e. The van der Waals surface area contributed by atoms with Gasteiger partial charge in [-0.1, -0.05) is 0 Å². The molecule has 4 atom stereocenters. The van der Waals surface area contributed by atoms with E-state index in [1.807, 2.05) is 0 Å². The number of hydrogen-bond donors (Lipinski definition) is 2. The van der Waals surface area contributed by atoms with Gasteiger partial charge in [0.2, 0.25) is 5.60 Å². The Bertz CT molecular complexity index is 404. The molecule has 7 heteroatoms. The molecule has 0 amide bonds. The Morgan fingerprint density at radius 1 is 1.11 bits per heavy atom. The molecule has 0 spiro atoms. The summed E-state index contributed by atoms with van der Waals surface area (Å²) in [6.07, 6.45) is -2.45. The average Bonchev–Trinajstić information content (AvgIpc) is 2.40. The molecule has 0 unspecified atom stereocenters. The summed E-state index contributed by atoms with van der Waals surface area (Å²) in [5.41, 5.74) is -2.61. The van der Waals surface area contributed by atoms with Crippen molar-refractivity contribution in [2.45, 2.75) is 51.3 Å². The van der Waals surface area contributed by atoms with Crippen LogP contribution in [0.15, 0.2) is 0 Å². The predicted molar refractivity (Wildman–Crippen MR) is 57.4 cm³/mol. The third-order valence-electron chi connectivity index (χ3n) is 3.02. The SMILES string of the molecule is CC(=O)O[C@@H]1[C@@H](C)O[C@](O)(C(C)=O)[C@@]1(O)C(C)=O.